The fourth-order valence-corrected chi connectivity index (χ4v) is 4.02. The molecule has 0 unspecified atom stereocenters. The topological polar surface area (TPSA) is 73.1 Å². The standard InChI is InChI=1S/C15H20N2O3S2/c1-10-5-6-13(9-11(10)2)15-17-16-14(20-15)12(3)21-7-8-22(4,18)19/h5-6,9,12H,7-8H2,1-4H3/t12-/m0/s1. The number of hydrogen-bond donors (Lipinski definition) is 0. The number of hydrogen-bond acceptors (Lipinski definition) is 6. The van der Waals surface area contributed by atoms with E-state index in [1.54, 1.807) is 0 Å². The first kappa shape index (κ1) is 17.0. The first-order valence-corrected chi connectivity index (χ1v) is 10.1. The lowest BCUT2D eigenvalue weighted by Gasteiger charge is -2.05. The number of aromatic nitrogens is 2. The van der Waals surface area contributed by atoms with Gasteiger partial charge in [0, 0.05) is 17.6 Å². The van der Waals surface area contributed by atoms with E-state index < -0.39 is 9.84 Å². The molecular formula is C15H20N2O3S2. The van der Waals surface area contributed by atoms with E-state index in [1.165, 1.54) is 29.1 Å². The molecule has 1 heterocycles. The van der Waals surface area contributed by atoms with Gasteiger partial charge in [0.1, 0.15) is 9.84 Å². The van der Waals surface area contributed by atoms with Crippen molar-refractivity contribution < 1.29 is 12.8 Å². The molecular weight excluding hydrogens is 320 g/mol. The minimum absolute atomic E-state index is 0.0328. The van der Waals surface area contributed by atoms with Gasteiger partial charge in [0.15, 0.2) is 0 Å². The maximum absolute atomic E-state index is 11.1. The Morgan fingerprint density at radius 1 is 1.23 bits per heavy atom. The number of aryl methyl sites for hydroxylation is 2. The Morgan fingerprint density at radius 3 is 2.59 bits per heavy atom. The molecule has 0 spiro atoms. The van der Waals surface area contributed by atoms with Crippen LogP contribution >= 0.6 is 11.8 Å². The summed E-state index contributed by atoms with van der Waals surface area (Å²) in [5.41, 5.74) is 3.29. The van der Waals surface area contributed by atoms with Gasteiger partial charge >= 0.3 is 0 Å². The first-order valence-electron chi connectivity index (χ1n) is 6.96. The van der Waals surface area contributed by atoms with Gasteiger partial charge < -0.3 is 4.42 Å². The average molecular weight is 340 g/mol. The van der Waals surface area contributed by atoms with Gasteiger partial charge in [0.05, 0.1) is 11.0 Å². The normalized spacial score (nSPS) is 13.3. The van der Waals surface area contributed by atoms with Crippen molar-refractivity contribution in [2.45, 2.75) is 26.0 Å². The van der Waals surface area contributed by atoms with E-state index in [0.29, 0.717) is 17.5 Å². The Labute approximate surface area is 135 Å². The van der Waals surface area contributed by atoms with Crippen LogP contribution in [-0.4, -0.2) is 36.4 Å². The average Bonchev–Trinajstić information content (AvgIpc) is 2.90. The number of sulfone groups is 1. The summed E-state index contributed by atoms with van der Waals surface area (Å²) < 4.78 is 28.0. The first-order chi connectivity index (χ1) is 10.3. The molecule has 120 valence electrons. The summed E-state index contributed by atoms with van der Waals surface area (Å²) >= 11 is 1.50. The maximum atomic E-state index is 11.1. The van der Waals surface area contributed by atoms with Gasteiger partial charge in [-0.05, 0) is 44.0 Å². The van der Waals surface area contributed by atoms with Crippen LogP contribution < -0.4 is 0 Å². The molecule has 0 aliphatic rings. The lowest BCUT2D eigenvalue weighted by molar-refractivity contribution is 0.509. The van der Waals surface area contributed by atoms with E-state index in [0.717, 1.165) is 5.56 Å². The van der Waals surface area contributed by atoms with Crippen LogP contribution in [0, 0.1) is 13.8 Å². The van der Waals surface area contributed by atoms with Crippen molar-refractivity contribution in [1.29, 1.82) is 0 Å². The van der Waals surface area contributed by atoms with Gasteiger partial charge in [-0.3, -0.25) is 0 Å². The number of nitrogens with zero attached hydrogens (tertiary/aromatic N) is 2. The highest BCUT2D eigenvalue weighted by molar-refractivity contribution is 8.00. The van der Waals surface area contributed by atoms with Gasteiger partial charge in [0.25, 0.3) is 0 Å². The molecule has 0 radical (unpaired) electrons. The predicted molar refractivity (Wildman–Crippen MR) is 89.8 cm³/mol. The maximum Gasteiger partial charge on any atom is 0.247 e. The summed E-state index contributed by atoms with van der Waals surface area (Å²) in [5.74, 6) is 1.68. The van der Waals surface area contributed by atoms with Gasteiger partial charge in [-0.25, -0.2) is 8.42 Å². The Kier molecular flexibility index (Phi) is 5.28. The van der Waals surface area contributed by atoms with Crippen LogP contribution in [-0.2, 0) is 9.84 Å². The van der Waals surface area contributed by atoms with Crippen LogP contribution in [0.25, 0.3) is 11.5 Å². The van der Waals surface area contributed by atoms with Crippen LogP contribution in [0.2, 0.25) is 0 Å². The van der Waals surface area contributed by atoms with E-state index in [9.17, 15) is 8.42 Å². The summed E-state index contributed by atoms with van der Waals surface area (Å²) in [6, 6.07) is 6.01. The largest absolute Gasteiger partial charge is 0.420 e. The summed E-state index contributed by atoms with van der Waals surface area (Å²) in [4.78, 5) is 0. The smallest absolute Gasteiger partial charge is 0.247 e. The Bertz CT molecular complexity index is 754. The predicted octanol–water partition coefficient (Wildman–Crippen LogP) is 3.19. The van der Waals surface area contributed by atoms with Crippen molar-refractivity contribution in [3.05, 3.63) is 35.2 Å². The highest BCUT2D eigenvalue weighted by Gasteiger charge is 2.16. The molecule has 1 aromatic heterocycles. The zero-order chi connectivity index (χ0) is 16.3. The summed E-state index contributed by atoms with van der Waals surface area (Å²) in [7, 11) is -2.94. The van der Waals surface area contributed by atoms with Crippen molar-refractivity contribution in [3.63, 3.8) is 0 Å². The molecule has 0 saturated heterocycles. The molecule has 0 saturated carbocycles. The third-order valence-electron chi connectivity index (χ3n) is 3.36. The van der Waals surface area contributed by atoms with Gasteiger partial charge in [-0.2, -0.15) is 0 Å². The molecule has 0 amide bonds. The van der Waals surface area contributed by atoms with Crippen molar-refractivity contribution in [1.82, 2.24) is 10.2 Å². The molecule has 22 heavy (non-hydrogen) atoms. The quantitative estimate of drug-likeness (QED) is 0.804. The summed E-state index contributed by atoms with van der Waals surface area (Å²) in [5, 5.41) is 8.13. The van der Waals surface area contributed by atoms with Crippen molar-refractivity contribution in [3.8, 4) is 11.5 Å². The molecule has 0 aliphatic heterocycles. The molecule has 7 heteroatoms. The molecule has 2 aromatic rings. The van der Waals surface area contributed by atoms with Crippen LogP contribution in [0.1, 0.15) is 29.2 Å². The van der Waals surface area contributed by atoms with Gasteiger partial charge in [-0.1, -0.05) is 6.07 Å². The van der Waals surface area contributed by atoms with E-state index in [1.807, 2.05) is 32.0 Å². The minimum atomic E-state index is -2.94. The van der Waals surface area contributed by atoms with Crippen LogP contribution in [0.15, 0.2) is 22.6 Å². The molecule has 1 aromatic carbocycles. The minimum Gasteiger partial charge on any atom is -0.420 e. The SMILES string of the molecule is Cc1ccc(-c2nnc([C@H](C)SCCS(C)(=O)=O)o2)cc1C. The molecule has 1 atom stereocenters. The molecule has 0 fully saturated rings. The van der Waals surface area contributed by atoms with E-state index >= 15 is 0 Å². The van der Waals surface area contributed by atoms with Crippen molar-refractivity contribution >= 4 is 21.6 Å². The zero-order valence-electron chi connectivity index (χ0n) is 13.2. The van der Waals surface area contributed by atoms with E-state index in [2.05, 4.69) is 17.1 Å². The number of benzene rings is 1. The molecule has 2 rings (SSSR count). The monoisotopic (exact) mass is 340 g/mol. The Morgan fingerprint density at radius 2 is 1.95 bits per heavy atom. The Balaban J connectivity index is 2.05. The number of thioether (sulfide) groups is 1. The highest BCUT2D eigenvalue weighted by atomic mass is 32.2. The van der Waals surface area contributed by atoms with Gasteiger partial charge in [-0.15, -0.1) is 22.0 Å². The van der Waals surface area contributed by atoms with E-state index in [4.69, 9.17) is 4.42 Å². The molecule has 0 N–H and O–H groups in total. The fraction of sp³-hybridized carbons (Fsp3) is 0.467. The second kappa shape index (κ2) is 6.83. The highest BCUT2D eigenvalue weighted by Crippen LogP contribution is 2.29. The molecule has 5 nitrogen and oxygen atoms in total. The second-order valence-electron chi connectivity index (χ2n) is 5.39. The van der Waals surface area contributed by atoms with Crippen LogP contribution in [0.5, 0.6) is 0 Å². The molecule has 0 bridgehead atoms. The van der Waals surface area contributed by atoms with Crippen molar-refractivity contribution in [2.75, 3.05) is 17.8 Å². The zero-order valence-corrected chi connectivity index (χ0v) is 14.8. The third-order valence-corrected chi connectivity index (χ3v) is 5.71. The second-order valence-corrected chi connectivity index (χ2v) is 9.10. The third kappa shape index (κ3) is 4.58. The van der Waals surface area contributed by atoms with Gasteiger partial charge in [0.2, 0.25) is 11.8 Å². The summed E-state index contributed by atoms with van der Waals surface area (Å²) in [6.45, 7) is 6.03. The van der Waals surface area contributed by atoms with Crippen LogP contribution in [0.3, 0.4) is 0 Å². The van der Waals surface area contributed by atoms with Crippen molar-refractivity contribution in [2.24, 2.45) is 0 Å². The molecule has 0 aliphatic carbocycles. The van der Waals surface area contributed by atoms with Crippen LogP contribution in [0.4, 0.5) is 0 Å². The summed E-state index contributed by atoms with van der Waals surface area (Å²) in [6.07, 6.45) is 1.24. The Hall–Kier alpha value is -1.34. The van der Waals surface area contributed by atoms with E-state index in [-0.39, 0.29) is 11.0 Å². The number of rotatable bonds is 6. The lowest BCUT2D eigenvalue weighted by Crippen LogP contribution is -2.06. The lowest BCUT2D eigenvalue weighted by atomic mass is 10.1. The fourth-order valence-electron chi connectivity index (χ4n) is 1.84.